The topological polar surface area (TPSA) is 293 Å². The van der Waals surface area contributed by atoms with E-state index in [1.165, 1.54) is 6.92 Å². The molecule has 0 amide bonds. The van der Waals surface area contributed by atoms with Gasteiger partial charge in [-0.3, -0.25) is 4.79 Å². The van der Waals surface area contributed by atoms with Gasteiger partial charge in [-0.05, 0) is 100 Å². The third-order valence-electron chi connectivity index (χ3n) is 18.8. The van der Waals surface area contributed by atoms with Gasteiger partial charge in [0, 0.05) is 11.8 Å². The number of cyclic esters (lactones) is 1. The minimum absolute atomic E-state index is 0.0442. The van der Waals surface area contributed by atoms with Gasteiger partial charge in [0.15, 0.2) is 25.2 Å². The van der Waals surface area contributed by atoms with Crippen molar-refractivity contribution >= 4 is 5.97 Å². The van der Waals surface area contributed by atoms with Crippen LogP contribution in [-0.4, -0.2) is 186 Å². The molecule has 5 aliphatic heterocycles. The van der Waals surface area contributed by atoms with Gasteiger partial charge in [0.2, 0.25) is 0 Å². The summed E-state index contributed by atoms with van der Waals surface area (Å²) < 4.78 is 50.1. The number of aliphatic hydroxyl groups is 10. The van der Waals surface area contributed by atoms with Gasteiger partial charge in [-0.25, -0.2) is 0 Å². The van der Waals surface area contributed by atoms with Gasteiger partial charge in [-0.15, -0.1) is 0 Å². The van der Waals surface area contributed by atoms with Crippen LogP contribution in [0.4, 0.5) is 0 Å². The number of ether oxygens (including phenoxy) is 8. The van der Waals surface area contributed by atoms with Crippen molar-refractivity contribution in [3.63, 3.8) is 0 Å². The normalized spacial score (nSPS) is 55.1. The predicted octanol–water partition coefficient (Wildman–Crippen LogP) is 0.128. The van der Waals surface area contributed by atoms with Crippen molar-refractivity contribution in [2.24, 2.45) is 45.3 Å². The van der Waals surface area contributed by atoms with Crippen LogP contribution >= 0.6 is 0 Å². The lowest BCUT2D eigenvalue weighted by Gasteiger charge is -2.73. The molecular weight excluding hydrogens is 881 g/mol. The van der Waals surface area contributed by atoms with Crippen LogP contribution in [0.2, 0.25) is 0 Å². The molecule has 0 aromatic carbocycles. The minimum Gasteiger partial charge on any atom is -0.459 e. The monoisotopic (exact) mass is 959 g/mol. The highest BCUT2D eigenvalue weighted by molar-refractivity contribution is 5.78. The Hall–Kier alpha value is -1.47. The second kappa shape index (κ2) is 18.5. The van der Waals surface area contributed by atoms with E-state index in [0.717, 1.165) is 18.4 Å². The molecule has 384 valence electrons. The molecule has 0 aromatic rings. The Kier molecular flexibility index (Phi) is 14.4. The summed E-state index contributed by atoms with van der Waals surface area (Å²) in [5.41, 5.74) is -2.38. The molecule has 5 heterocycles. The molecule has 26 atom stereocenters. The maximum atomic E-state index is 14.2. The minimum atomic E-state index is -1.68. The second-order valence-electron chi connectivity index (χ2n) is 22.9. The molecule has 19 heteroatoms. The van der Waals surface area contributed by atoms with Crippen molar-refractivity contribution in [3.8, 4) is 0 Å². The maximum absolute atomic E-state index is 14.2. The lowest BCUT2D eigenvalue weighted by Crippen LogP contribution is -2.73. The van der Waals surface area contributed by atoms with Crippen LogP contribution in [0.5, 0.6) is 0 Å². The van der Waals surface area contributed by atoms with Crippen LogP contribution in [-0.2, 0) is 42.7 Å². The van der Waals surface area contributed by atoms with Gasteiger partial charge in [-0.2, -0.15) is 0 Å². The van der Waals surface area contributed by atoms with Gasteiger partial charge >= 0.3 is 5.97 Å². The molecule has 5 saturated heterocycles. The van der Waals surface area contributed by atoms with Crippen molar-refractivity contribution < 1.29 is 93.8 Å². The quantitative estimate of drug-likeness (QED) is 0.0791. The molecular formula is C48H78O19. The molecule has 67 heavy (non-hydrogen) atoms. The summed E-state index contributed by atoms with van der Waals surface area (Å²) in [4.78, 5) is 14.2. The zero-order chi connectivity index (χ0) is 49.1. The molecule has 0 bridgehead atoms. The van der Waals surface area contributed by atoms with E-state index >= 15 is 0 Å². The molecule has 0 aromatic heterocycles. The summed E-state index contributed by atoms with van der Waals surface area (Å²) in [6.45, 7) is 17.3. The fourth-order valence-electron chi connectivity index (χ4n) is 14.7. The highest BCUT2D eigenvalue weighted by Gasteiger charge is 2.76. The van der Waals surface area contributed by atoms with Crippen LogP contribution in [0.15, 0.2) is 11.6 Å². The number of esters is 1. The first kappa shape index (κ1) is 51.9. The molecule has 0 radical (unpaired) electrons. The Bertz CT molecular complexity index is 1810. The molecule has 19 nitrogen and oxygen atoms in total. The number of carbonyl (C=O) groups excluding carboxylic acids is 1. The van der Waals surface area contributed by atoms with Crippen molar-refractivity contribution in [1.29, 1.82) is 0 Å². The van der Waals surface area contributed by atoms with Crippen LogP contribution in [0.3, 0.4) is 0 Å². The number of carbonyl (C=O) groups is 1. The van der Waals surface area contributed by atoms with E-state index in [-0.39, 0.29) is 29.1 Å². The zero-order valence-electron chi connectivity index (χ0n) is 40.3. The van der Waals surface area contributed by atoms with Crippen LogP contribution in [0.1, 0.15) is 107 Å². The number of hydrogen-bond acceptors (Lipinski definition) is 19. The average Bonchev–Trinajstić information content (AvgIpc) is 3.52. The fraction of sp³-hybridized carbons (Fsp3) is 0.938. The molecule has 3 aliphatic carbocycles. The highest BCUT2D eigenvalue weighted by atomic mass is 16.8. The van der Waals surface area contributed by atoms with Crippen molar-refractivity contribution in [2.75, 3.05) is 13.2 Å². The van der Waals surface area contributed by atoms with Crippen LogP contribution in [0.25, 0.3) is 0 Å². The Morgan fingerprint density at radius 2 is 1.28 bits per heavy atom. The van der Waals surface area contributed by atoms with Gasteiger partial charge in [-0.1, -0.05) is 46.3 Å². The summed E-state index contributed by atoms with van der Waals surface area (Å²) in [7, 11) is 0. The number of rotatable bonds is 10. The first-order valence-corrected chi connectivity index (χ1v) is 24.4. The SMILES string of the molecule is CC(C)=CCC1OC(=O)C2C3CCC4C5(C)CCC(OC6OC(COC7OC(C)C(O)C(O)C7O)C(O)C(O)C6O)C(C)(C)C5CCC4(C)C3(C)C(OC3OC(CO)C(O)C(O)C3O)OC12C. The first-order valence-electron chi connectivity index (χ1n) is 24.4. The Labute approximate surface area is 392 Å². The molecule has 8 aliphatic rings. The van der Waals surface area contributed by atoms with Crippen LogP contribution < -0.4 is 0 Å². The van der Waals surface area contributed by atoms with E-state index in [1.807, 2.05) is 26.8 Å². The molecule has 0 spiro atoms. The Morgan fingerprint density at radius 3 is 1.93 bits per heavy atom. The van der Waals surface area contributed by atoms with E-state index in [2.05, 4.69) is 34.6 Å². The van der Waals surface area contributed by atoms with E-state index in [4.69, 9.17) is 37.9 Å². The van der Waals surface area contributed by atoms with E-state index in [9.17, 15) is 55.9 Å². The highest BCUT2D eigenvalue weighted by Crippen LogP contribution is 2.76. The first-order chi connectivity index (χ1) is 31.3. The number of hydrogen-bond donors (Lipinski definition) is 10. The lowest BCUT2D eigenvalue weighted by molar-refractivity contribution is -0.416. The number of aliphatic hydroxyl groups excluding tert-OH is 10. The molecule has 26 unspecified atom stereocenters. The third-order valence-corrected chi connectivity index (χ3v) is 18.8. The maximum Gasteiger partial charge on any atom is 0.312 e. The number of allylic oxidation sites excluding steroid dienone is 1. The van der Waals surface area contributed by atoms with Crippen molar-refractivity contribution in [2.45, 2.75) is 223 Å². The third kappa shape index (κ3) is 8.19. The largest absolute Gasteiger partial charge is 0.459 e. The standard InChI is InChI=1S/C48H78O19/c1-20(2)10-13-28-48(9)29(39(59)64-28)22-11-12-26-45(6)16-15-27(65-41-37(57)35(55)32(52)24(63-41)19-60-40-36(56)33(53)30(50)21(3)61-40)44(4,5)25(45)14-17-46(26,7)47(22,8)43(67-48)66-42-38(58)34(54)31(51)23(18-49)62-42/h10,21-38,40-43,49-58H,11-19H2,1-9H3. The summed E-state index contributed by atoms with van der Waals surface area (Å²) in [6, 6.07) is 0. The molecule has 3 saturated carbocycles. The van der Waals surface area contributed by atoms with Gasteiger partial charge in [0.25, 0.3) is 0 Å². The van der Waals surface area contributed by atoms with Gasteiger partial charge in [0.1, 0.15) is 78.8 Å². The predicted molar refractivity (Wildman–Crippen MR) is 232 cm³/mol. The Morgan fingerprint density at radius 1 is 0.687 bits per heavy atom. The Balaban J connectivity index is 1.05. The zero-order valence-corrected chi connectivity index (χ0v) is 40.3. The molecule has 8 fully saturated rings. The smallest absolute Gasteiger partial charge is 0.312 e. The summed E-state index contributed by atoms with van der Waals surface area (Å²) >= 11 is 0. The van der Waals surface area contributed by atoms with Gasteiger partial charge in [0.05, 0.1) is 31.3 Å². The summed E-state index contributed by atoms with van der Waals surface area (Å²) in [5.74, 6) is -1.16. The molecule has 8 rings (SSSR count). The van der Waals surface area contributed by atoms with Crippen LogP contribution in [0, 0.1) is 45.3 Å². The second-order valence-corrected chi connectivity index (χ2v) is 22.9. The fourth-order valence-corrected chi connectivity index (χ4v) is 14.7. The van der Waals surface area contributed by atoms with Crippen molar-refractivity contribution in [1.82, 2.24) is 0 Å². The van der Waals surface area contributed by atoms with E-state index < -0.39 is 152 Å². The van der Waals surface area contributed by atoms with E-state index in [1.54, 1.807) is 0 Å². The summed E-state index contributed by atoms with van der Waals surface area (Å²) in [5, 5.41) is 107. The van der Waals surface area contributed by atoms with Crippen molar-refractivity contribution in [3.05, 3.63) is 11.6 Å². The number of fused-ring (bicyclic) bond motifs is 7. The van der Waals surface area contributed by atoms with E-state index in [0.29, 0.717) is 32.1 Å². The lowest BCUT2D eigenvalue weighted by atomic mass is 9.34. The summed E-state index contributed by atoms with van der Waals surface area (Å²) in [6.07, 6.45) is -17.6. The molecule has 10 N–H and O–H groups in total. The van der Waals surface area contributed by atoms with Gasteiger partial charge < -0.3 is 89.0 Å². The average molecular weight is 959 g/mol.